The molecule has 0 spiro atoms. The largest absolute Gasteiger partial charge is 0.465 e. The van der Waals surface area contributed by atoms with E-state index in [2.05, 4.69) is 13.8 Å². The summed E-state index contributed by atoms with van der Waals surface area (Å²) in [7, 11) is 0. The van der Waals surface area contributed by atoms with Gasteiger partial charge in [0.1, 0.15) is 0 Å². The first kappa shape index (κ1) is 19.7. The highest BCUT2D eigenvalue weighted by molar-refractivity contribution is 5.77. The summed E-state index contributed by atoms with van der Waals surface area (Å²) >= 11 is 0. The van der Waals surface area contributed by atoms with Crippen LogP contribution in [0.5, 0.6) is 0 Å². The molecule has 0 bridgehead atoms. The lowest BCUT2D eigenvalue weighted by atomic mass is 9.96. The smallest absolute Gasteiger partial charge is 0.313 e. The third-order valence-electron chi connectivity index (χ3n) is 4.55. The Hall–Kier alpha value is -1.31. The molecule has 1 aromatic carbocycles. The molecule has 0 aliphatic carbocycles. The van der Waals surface area contributed by atoms with Gasteiger partial charge in [0, 0.05) is 0 Å². The van der Waals surface area contributed by atoms with Gasteiger partial charge in [-0.05, 0) is 31.2 Å². The molecule has 0 saturated heterocycles. The summed E-state index contributed by atoms with van der Waals surface area (Å²) in [6.07, 6.45) is 9.93. The fraction of sp³-hybridized carbons (Fsp3) is 0.667. The minimum absolute atomic E-state index is 0.0914. The van der Waals surface area contributed by atoms with Crippen molar-refractivity contribution in [2.75, 3.05) is 6.61 Å². The molecular weight excluding hydrogens is 284 g/mol. The number of hydrogen-bond donors (Lipinski definition) is 0. The minimum atomic E-state index is -0.178. The van der Waals surface area contributed by atoms with Gasteiger partial charge in [-0.25, -0.2) is 0 Å². The number of rotatable bonds is 12. The van der Waals surface area contributed by atoms with Crippen LogP contribution in [0, 0.1) is 5.92 Å². The highest BCUT2D eigenvalue weighted by Gasteiger charge is 2.18. The molecule has 2 nitrogen and oxygen atoms in total. The fourth-order valence-corrected chi connectivity index (χ4v) is 2.87. The number of ether oxygens (including phenoxy) is 1. The molecule has 0 aliphatic rings. The van der Waals surface area contributed by atoms with Gasteiger partial charge in [0.2, 0.25) is 0 Å². The molecule has 2 unspecified atom stereocenters. The number of carbonyl (C=O) groups is 1. The number of carbonyl (C=O) groups excluding carboxylic acids is 1. The third kappa shape index (κ3) is 8.20. The predicted molar refractivity (Wildman–Crippen MR) is 97.6 cm³/mol. The van der Waals surface area contributed by atoms with Crippen LogP contribution >= 0.6 is 0 Å². The van der Waals surface area contributed by atoms with E-state index in [-0.39, 0.29) is 11.9 Å². The van der Waals surface area contributed by atoms with Crippen LogP contribution in [0.1, 0.15) is 83.6 Å². The highest BCUT2D eigenvalue weighted by Crippen LogP contribution is 2.20. The maximum Gasteiger partial charge on any atom is 0.313 e. The van der Waals surface area contributed by atoms with Crippen molar-refractivity contribution < 1.29 is 9.53 Å². The number of benzene rings is 1. The van der Waals surface area contributed by atoms with Crippen molar-refractivity contribution >= 4 is 5.97 Å². The first-order valence-corrected chi connectivity index (χ1v) is 9.40. The lowest BCUT2D eigenvalue weighted by molar-refractivity contribution is -0.146. The first-order chi connectivity index (χ1) is 11.2. The molecule has 0 radical (unpaired) electrons. The Labute approximate surface area is 142 Å². The van der Waals surface area contributed by atoms with E-state index >= 15 is 0 Å². The van der Waals surface area contributed by atoms with Crippen LogP contribution in [0.2, 0.25) is 0 Å². The Morgan fingerprint density at radius 3 is 2.26 bits per heavy atom. The zero-order valence-corrected chi connectivity index (χ0v) is 15.2. The van der Waals surface area contributed by atoms with Gasteiger partial charge in [-0.1, -0.05) is 82.7 Å². The second-order valence-corrected chi connectivity index (χ2v) is 6.62. The summed E-state index contributed by atoms with van der Waals surface area (Å²) in [4.78, 5) is 12.3. The van der Waals surface area contributed by atoms with Crippen LogP contribution in [0.3, 0.4) is 0 Å². The van der Waals surface area contributed by atoms with E-state index in [1.165, 1.54) is 51.4 Å². The Morgan fingerprint density at radius 1 is 0.957 bits per heavy atom. The molecule has 2 heteroatoms. The highest BCUT2D eigenvalue weighted by atomic mass is 16.5. The normalized spacial score (nSPS) is 13.5. The minimum Gasteiger partial charge on any atom is -0.465 e. The van der Waals surface area contributed by atoms with Crippen molar-refractivity contribution in [3.63, 3.8) is 0 Å². The molecule has 2 atom stereocenters. The van der Waals surface area contributed by atoms with Gasteiger partial charge in [-0.3, -0.25) is 4.79 Å². The van der Waals surface area contributed by atoms with Crippen LogP contribution in [0.25, 0.3) is 0 Å². The van der Waals surface area contributed by atoms with E-state index in [9.17, 15) is 4.79 Å². The van der Waals surface area contributed by atoms with Crippen molar-refractivity contribution in [2.24, 2.45) is 5.92 Å². The topological polar surface area (TPSA) is 26.3 Å². The molecule has 1 rings (SSSR count). The molecule has 0 heterocycles. The lowest BCUT2D eigenvalue weighted by Gasteiger charge is -2.18. The number of unbranched alkanes of at least 4 members (excludes halogenated alkanes) is 4. The molecule has 0 aromatic heterocycles. The first-order valence-electron chi connectivity index (χ1n) is 9.40. The van der Waals surface area contributed by atoms with E-state index in [0.717, 1.165) is 5.56 Å². The van der Waals surface area contributed by atoms with Gasteiger partial charge in [0.05, 0.1) is 12.5 Å². The second kappa shape index (κ2) is 12.2. The lowest BCUT2D eigenvalue weighted by Crippen LogP contribution is -2.18. The SMILES string of the molecule is CCCCCCC(CCCC)COC(=O)C(C)c1ccccc1. The van der Waals surface area contributed by atoms with Crippen LogP contribution < -0.4 is 0 Å². The van der Waals surface area contributed by atoms with Crippen LogP contribution in [-0.4, -0.2) is 12.6 Å². The van der Waals surface area contributed by atoms with Crippen molar-refractivity contribution in [2.45, 2.75) is 78.1 Å². The average molecular weight is 319 g/mol. The Bertz CT molecular complexity index is 413. The van der Waals surface area contributed by atoms with E-state index in [4.69, 9.17) is 4.74 Å². The molecule has 0 aliphatic heterocycles. The van der Waals surface area contributed by atoms with Gasteiger partial charge >= 0.3 is 5.97 Å². The third-order valence-corrected chi connectivity index (χ3v) is 4.55. The molecule has 0 amide bonds. The quantitative estimate of drug-likeness (QED) is 0.343. The second-order valence-electron chi connectivity index (χ2n) is 6.62. The molecule has 1 aromatic rings. The van der Waals surface area contributed by atoms with Gasteiger partial charge < -0.3 is 4.74 Å². The summed E-state index contributed by atoms with van der Waals surface area (Å²) in [5, 5.41) is 0. The molecule has 0 N–H and O–H groups in total. The zero-order chi connectivity index (χ0) is 16.9. The molecule has 23 heavy (non-hydrogen) atoms. The molecule has 0 saturated carbocycles. The van der Waals surface area contributed by atoms with Crippen LogP contribution in [-0.2, 0) is 9.53 Å². The zero-order valence-electron chi connectivity index (χ0n) is 15.2. The van der Waals surface area contributed by atoms with Crippen molar-refractivity contribution in [1.82, 2.24) is 0 Å². The summed E-state index contributed by atoms with van der Waals surface area (Å²) in [6, 6.07) is 9.89. The Balaban J connectivity index is 2.40. The van der Waals surface area contributed by atoms with Crippen molar-refractivity contribution in [3.8, 4) is 0 Å². The summed E-state index contributed by atoms with van der Waals surface area (Å²) < 4.78 is 5.64. The van der Waals surface area contributed by atoms with Crippen molar-refractivity contribution in [3.05, 3.63) is 35.9 Å². The fourth-order valence-electron chi connectivity index (χ4n) is 2.87. The predicted octanol–water partition coefficient (Wildman–Crippen LogP) is 6.11. The maximum atomic E-state index is 12.3. The van der Waals surface area contributed by atoms with E-state index in [1.54, 1.807) is 0 Å². The van der Waals surface area contributed by atoms with Gasteiger partial charge in [-0.2, -0.15) is 0 Å². The molecule has 130 valence electrons. The van der Waals surface area contributed by atoms with Crippen molar-refractivity contribution in [1.29, 1.82) is 0 Å². The molecular formula is C21H34O2. The van der Waals surface area contributed by atoms with Crippen LogP contribution in [0.15, 0.2) is 30.3 Å². The Kier molecular flexibility index (Phi) is 10.4. The van der Waals surface area contributed by atoms with E-state index in [0.29, 0.717) is 12.5 Å². The maximum absolute atomic E-state index is 12.3. The summed E-state index contributed by atoms with van der Waals surface area (Å²) in [5.41, 5.74) is 1.03. The standard InChI is InChI=1S/C21H34O2/c1-4-6-8-10-14-19(13-7-5-2)17-23-21(22)18(3)20-15-11-9-12-16-20/h9,11-12,15-16,18-19H,4-8,10,13-14,17H2,1-3H3. The number of hydrogen-bond acceptors (Lipinski definition) is 2. The summed E-state index contributed by atoms with van der Waals surface area (Å²) in [5.74, 6) is 0.258. The Morgan fingerprint density at radius 2 is 1.61 bits per heavy atom. The summed E-state index contributed by atoms with van der Waals surface area (Å²) in [6.45, 7) is 6.97. The van der Waals surface area contributed by atoms with E-state index in [1.807, 2.05) is 37.3 Å². The van der Waals surface area contributed by atoms with Gasteiger partial charge in [0.25, 0.3) is 0 Å². The van der Waals surface area contributed by atoms with E-state index < -0.39 is 0 Å². The van der Waals surface area contributed by atoms with Gasteiger partial charge in [0.15, 0.2) is 0 Å². The number of esters is 1. The monoisotopic (exact) mass is 318 g/mol. The van der Waals surface area contributed by atoms with Crippen LogP contribution in [0.4, 0.5) is 0 Å². The molecule has 0 fully saturated rings. The average Bonchev–Trinajstić information content (AvgIpc) is 2.60. The van der Waals surface area contributed by atoms with Gasteiger partial charge in [-0.15, -0.1) is 0 Å².